The molecule has 0 N–H and O–H groups in total. The summed E-state index contributed by atoms with van der Waals surface area (Å²) >= 11 is 0. The van der Waals surface area contributed by atoms with Gasteiger partial charge in [0.1, 0.15) is 5.78 Å². The van der Waals surface area contributed by atoms with Gasteiger partial charge >= 0.3 is 0 Å². The molecule has 0 saturated carbocycles. The number of rotatable bonds is 4. The molecule has 0 aromatic carbocycles. The second-order valence-electron chi connectivity index (χ2n) is 7.47. The molecule has 2 unspecified atom stereocenters. The molecule has 1 heterocycles. The molecule has 1 amide bonds. The Hall–Kier alpha value is -0.860. The summed E-state index contributed by atoms with van der Waals surface area (Å²) in [6, 6.07) is 0.134. The Morgan fingerprint density at radius 3 is 2.40 bits per heavy atom. The summed E-state index contributed by atoms with van der Waals surface area (Å²) in [5, 5.41) is 0. The molecular formula is C17H31NO2. The van der Waals surface area contributed by atoms with Gasteiger partial charge in [0.25, 0.3) is 0 Å². The molecule has 3 heteroatoms. The third-order valence-electron chi connectivity index (χ3n) is 4.68. The first kappa shape index (κ1) is 17.2. The van der Waals surface area contributed by atoms with Crippen molar-refractivity contribution in [1.29, 1.82) is 0 Å². The lowest BCUT2D eigenvalue weighted by Crippen LogP contribution is -2.42. The number of carbonyl (C=O) groups is 2. The van der Waals surface area contributed by atoms with Crippen molar-refractivity contribution in [3.8, 4) is 0 Å². The minimum Gasteiger partial charge on any atom is -0.339 e. The Morgan fingerprint density at radius 2 is 1.85 bits per heavy atom. The van der Waals surface area contributed by atoms with Crippen molar-refractivity contribution >= 4 is 11.7 Å². The standard InChI is InChI=1S/C17H31NO2/c1-13(17(3,4)5)11-16(20)18-10-8-6-7-9-15(18)12-14(2)19/h13,15H,6-12H2,1-5H3. The van der Waals surface area contributed by atoms with Gasteiger partial charge < -0.3 is 4.90 Å². The van der Waals surface area contributed by atoms with Crippen LogP contribution in [0.1, 0.15) is 73.1 Å². The van der Waals surface area contributed by atoms with Crippen LogP contribution in [0, 0.1) is 11.3 Å². The molecular weight excluding hydrogens is 250 g/mol. The fourth-order valence-corrected chi connectivity index (χ4v) is 2.74. The average molecular weight is 281 g/mol. The number of ketones is 1. The van der Waals surface area contributed by atoms with Crippen molar-refractivity contribution < 1.29 is 9.59 Å². The van der Waals surface area contributed by atoms with Crippen LogP contribution in [-0.2, 0) is 9.59 Å². The molecule has 1 aliphatic heterocycles. The van der Waals surface area contributed by atoms with Crippen LogP contribution in [0.15, 0.2) is 0 Å². The Labute approximate surface area is 124 Å². The lowest BCUT2D eigenvalue weighted by molar-refractivity contribution is -0.136. The van der Waals surface area contributed by atoms with Crippen molar-refractivity contribution in [2.75, 3.05) is 6.54 Å². The van der Waals surface area contributed by atoms with E-state index in [2.05, 4.69) is 27.7 Å². The summed E-state index contributed by atoms with van der Waals surface area (Å²) in [6.07, 6.45) is 5.48. The number of likely N-dealkylation sites (tertiary alicyclic amines) is 1. The van der Waals surface area contributed by atoms with Gasteiger partial charge in [0.2, 0.25) is 5.91 Å². The second kappa shape index (κ2) is 7.24. The molecule has 1 fully saturated rings. The van der Waals surface area contributed by atoms with Gasteiger partial charge in [0, 0.05) is 25.4 Å². The summed E-state index contributed by atoms with van der Waals surface area (Å²) < 4.78 is 0. The predicted octanol–water partition coefficient (Wildman–Crippen LogP) is 3.81. The van der Waals surface area contributed by atoms with Gasteiger partial charge in [0.15, 0.2) is 0 Å². The lowest BCUT2D eigenvalue weighted by atomic mass is 9.80. The molecule has 0 aromatic rings. The van der Waals surface area contributed by atoms with Crippen LogP contribution < -0.4 is 0 Å². The molecule has 1 aliphatic rings. The van der Waals surface area contributed by atoms with Gasteiger partial charge in [-0.15, -0.1) is 0 Å². The number of hydrogen-bond acceptors (Lipinski definition) is 2. The molecule has 0 aromatic heterocycles. The molecule has 0 spiro atoms. The Kier molecular flexibility index (Phi) is 6.22. The summed E-state index contributed by atoms with van der Waals surface area (Å²) in [5.41, 5.74) is 0.150. The van der Waals surface area contributed by atoms with Gasteiger partial charge in [-0.2, -0.15) is 0 Å². The van der Waals surface area contributed by atoms with Crippen LogP contribution in [0.2, 0.25) is 0 Å². The highest BCUT2D eigenvalue weighted by molar-refractivity contribution is 5.79. The first-order valence-corrected chi connectivity index (χ1v) is 8.00. The van der Waals surface area contributed by atoms with Gasteiger partial charge in [-0.3, -0.25) is 9.59 Å². The SMILES string of the molecule is CC(=O)CC1CCCCCN1C(=O)CC(C)C(C)(C)C. The third-order valence-corrected chi connectivity index (χ3v) is 4.68. The molecule has 2 atom stereocenters. The van der Waals surface area contributed by atoms with E-state index in [9.17, 15) is 9.59 Å². The smallest absolute Gasteiger partial charge is 0.223 e. The van der Waals surface area contributed by atoms with E-state index in [4.69, 9.17) is 0 Å². The monoisotopic (exact) mass is 281 g/mol. The maximum Gasteiger partial charge on any atom is 0.223 e. The minimum absolute atomic E-state index is 0.134. The lowest BCUT2D eigenvalue weighted by Gasteiger charge is -2.33. The highest BCUT2D eigenvalue weighted by atomic mass is 16.2. The average Bonchev–Trinajstić information content (AvgIpc) is 2.52. The van der Waals surface area contributed by atoms with Crippen LogP contribution >= 0.6 is 0 Å². The highest BCUT2D eigenvalue weighted by Gasteiger charge is 2.29. The normalized spacial score (nSPS) is 22.2. The van der Waals surface area contributed by atoms with Gasteiger partial charge in [-0.05, 0) is 31.1 Å². The van der Waals surface area contributed by atoms with Gasteiger partial charge in [-0.1, -0.05) is 40.5 Å². The van der Waals surface area contributed by atoms with Crippen LogP contribution in [0.4, 0.5) is 0 Å². The maximum absolute atomic E-state index is 12.6. The van der Waals surface area contributed by atoms with Crippen molar-refractivity contribution in [3.05, 3.63) is 0 Å². The summed E-state index contributed by atoms with van der Waals surface area (Å²) in [4.78, 5) is 26.0. The molecule has 1 rings (SSSR count). The van der Waals surface area contributed by atoms with E-state index >= 15 is 0 Å². The van der Waals surface area contributed by atoms with E-state index in [1.54, 1.807) is 6.92 Å². The molecule has 0 aliphatic carbocycles. The van der Waals surface area contributed by atoms with E-state index < -0.39 is 0 Å². The van der Waals surface area contributed by atoms with E-state index in [0.717, 1.165) is 25.8 Å². The second-order valence-corrected chi connectivity index (χ2v) is 7.47. The predicted molar refractivity (Wildman–Crippen MR) is 82.5 cm³/mol. The number of amides is 1. The number of hydrogen-bond donors (Lipinski definition) is 0. The molecule has 116 valence electrons. The molecule has 3 nitrogen and oxygen atoms in total. The highest BCUT2D eigenvalue weighted by Crippen LogP contribution is 2.30. The van der Waals surface area contributed by atoms with Gasteiger partial charge in [-0.25, -0.2) is 0 Å². The zero-order valence-corrected chi connectivity index (χ0v) is 13.9. The van der Waals surface area contributed by atoms with E-state index in [1.807, 2.05) is 4.90 Å². The third kappa shape index (κ3) is 5.26. The molecule has 0 bridgehead atoms. The number of Topliss-reactive ketones (excluding diaryl/α,β-unsaturated/α-hetero) is 1. The zero-order valence-electron chi connectivity index (χ0n) is 13.9. The van der Waals surface area contributed by atoms with Crippen LogP contribution in [0.5, 0.6) is 0 Å². The summed E-state index contributed by atoms with van der Waals surface area (Å²) in [7, 11) is 0. The van der Waals surface area contributed by atoms with Crippen molar-refractivity contribution in [1.82, 2.24) is 4.90 Å². The van der Waals surface area contributed by atoms with Crippen LogP contribution in [0.3, 0.4) is 0 Å². The first-order chi connectivity index (χ1) is 9.21. The van der Waals surface area contributed by atoms with E-state index in [-0.39, 0.29) is 23.1 Å². The van der Waals surface area contributed by atoms with Crippen molar-refractivity contribution in [2.45, 2.75) is 79.2 Å². The van der Waals surface area contributed by atoms with Crippen LogP contribution in [0.25, 0.3) is 0 Å². The van der Waals surface area contributed by atoms with E-state index in [0.29, 0.717) is 18.8 Å². The Balaban J connectivity index is 2.72. The topological polar surface area (TPSA) is 37.4 Å². The summed E-state index contributed by atoms with van der Waals surface area (Å²) in [5.74, 6) is 0.787. The largest absolute Gasteiger partial charge is 0.339 e. The summed E-state index contributed by atoms with van der Waals surface area (Å²) in [6.45, 7) is 11.1. The minimum atomic E-state index is 0.134. The number of nitrogens with zero attached hydrogens (tertiary/aromatic N) is 1. The first-order valence-electron chi connectivity index (χ1n) is 8.00. The van der Waals surface area contributed by atoms with E-state index in [1.165, 1.54) is 6.42 Å². The quantitative estimate of drug-likeness (QED) is 0.786. The zero-order chi connectivity index (χ0) is 15.3. The Morgan fingerprint density at radius 1 is 1.20 bits per heavy atom. The van der Waals surface area contributed by atoms with Crippen molar-refractivity contribution in [3.63, 3.8) is 0 Å². The molecule has 20 heavy (non-hydrogen) atoms. The number of carbonyl (C=O) groups excluding carboxylic acids is 2. The fourth-order valence-electron chi connectivity index (χ4n) is 2.74. The molecule has 0 radical (unpaired) electrons. The fraction of sp³-hybridized carbons (Fsp3) is 0.882. The Bertz CT molecular complexity index is 343. The van der Waals surface area contributed by atoms with Crippen LogP contribution in [-0.4, -0.2) is 29.2 Å². The van der Waals surface area contributed by atoms with Crippen molar-refractivity contribution in [2.24, 2.45) is 11.3 Å². The maximum atomic E-state index is 12.6. The molecule has 1 saturated heterocycles. The van der Waals surface area contributed by atoms with Gasteiger partial charge in [0.05, 0.1) is 0 Å².